The maximum Gasteiger partial charge on any atom is 0.270 e. The van der Waals surface area contributed by atoms with Crippen LogP contribution >= 0.6 is 35.6 Å². The van der Waals surface area contributed by atoms with Crippen LogP contribution in [0.3, 0.4) is 0 Å². The number of carbonyl (C=O) groups is 1. The first-order valence-corrected chi connectivity index (χ1v) is 7.94. The van der Waals surface area contributed by atoms with Gasteiger partial charge in [0.15, 0.2) is 4.32 Å². The van der Waals surface area contributed by atoms with E-state index in [0.29, 0.717) is 19.9 Å². The summed E-state index contributed by atoms with van der Waals surface area (Å²) >= 11 is 12.5. The summed E-state index contributed by atoms with van der Waals surface area (Å²) in [6, 6.07) is 12.9. The van der Waals surface area contributed by atoms with Gasteiger partial charge in [-0.1, -0.05) is 53.8 Å². The van der Waals surface area contributed by atoms with Gasteiger partial charge in [-0.3, -0.25) is 9.69 Å². The van der Waals surface area contributed by atoms with E-state index in [-0.39, 0.29) is 11.7 Å². The zero-order valence-corrected chi connectivity index (χ0v) is 13.5. The molecule has 3 rings (SSSR count). The standard InChI is InChI=1S/C16H9ClFNOS2/c17-11-2-1-3-13(9-11)19-15(20)14(22-16(19)21)8-10-4-6-12(18)7-5-10/h1-9H. The molecule has 2 aromatic carbocycles. The highest BCUT2D eigenvalue weighted by Gasteiger charge is 2.33. The van der Waals surface area contributed by atoms with Gasteiger partial charge in [0.25, 0.3) is 5.91 Å². The maximum absolute atomic E-state index is 12.9. The van der Waals surface area contributed by atoms with Crippen LogP contribution in [0.5, 0.6) is 0 Å². The van der Waals surface area contributed by atoms with E-state index in [2.05, 4.69) is 0 Å². The highest BCUT2D eigenvalue weighted by molar-refractivity contribution is 8.27. The third-order valence-corrected chi connectivity index (χ3v) is 4.57. The van der Waals surface area contributed by atoms with Crippen LogP contribution < -0.4 is 4.90 Å². The molecule has 0 bridgehead atoms. The number of hydrogen-bond donors (Lipinski definition) is 0. The first-order valence-electron chi connectivity index (χ1n) is 6.34. The van der Waals surface area contributed by atoms with Crippen LogP contribution in [-0.4, -0.2) is 10.2 Å². The number of thioether (sulfide) groups is 1. The molecule has 0 N–H and O–H groups in total. The summed E-state index contributed by atoms with van der Waals surface area (Å²) < 4.78 is 13.4. The first-order chi connectivity index (χ1) is 10.5. The number of rotatable bonds is 2. The molecule has 0 atom stereocenters. The lowest BCUT2D eigenvalue weighted by Gasteiger charge is -2.14. The first kappa shape index (κ1) is 15.2. The number of halogens is 2. The third-order valence-electron chi connectivity index (χ3n) is 3.03. The van der Waals surface area contributed by atoms with Gasteiger partial charge in [-0.15, -0.1) is 0 Å². The zero-order chi connectivity index (χ0) is 15.7. The smallest absolute Gasteiger partial charge is 0.268 e. The van der Waals surface area contributed by atoms with Crippen molar-refractivity contribution < 1.29 is 9.18 Å². The Morgan fingerprint density at radius 3 is 2.59 bits per heavy atom. The van der Waals surface area contributed by atoms with Crippen LogP contribution in [0.15, 0.2) is 53.4 Å². The molecule has 1 aliphatic heterocycles. The Morgan fingerprint density at radius 2 is 1.91 bits per heavy atom. The number of thiocarbonyl (C=S) groups is 1. The van der Waals surface area contributed by atoms with E-state index in [1.54, 1.807) is 42.5 Å². The quantitative estimate of drug-likeness (QED) is 0.569. The summed E-state index contributed by atoms with van der Waals surface area (Å²) in [4.78, 5) is 14.5. The molecule has 1 saturated heterocycles. The Kier molecular flexibility index (Phi) is 4.29. The normalized spacial score (nSPS) is 16.6. The number of benzene rings is 2. The highest BCUT2D eigenvalue weighted by atomic mass is 35.5. The largest absolute Gasteiger partial charge is 0.270 e. The number of anilines is 1. The van der Waals surface area contributed by atoms with Crippen LogP contribution in [0.4, 0.5) is 10.1 Å². The van der Waals surface area contributed by atoms with Gasteiger partial charge in [0, 0.05) is 5.02 Å². The van der Waals surface area contributed by atoms with Gasteiger partial charge in [-0.25, -0.2) is 4.39 Å². The average Bonchev–Trinajstić information content (AvgIpc) is 2.76. The van der Waals surface area contributed by atoms with Gasteiger partial charge in [-0.05, 0) is 42.0 Å². The molecule has 6 heteroatoms. The van der Waals surface area contributed by atoms with Crippen molar-refractivity contribution in [3.05, 3.63) is 69.8 Å². The van der Waals surface area contributed by atoms with Gasteiger partial charge in [0.2, 0.25) is 0 Å². The van der Waals surface area contributed by atoms with Crippen LogP contribution in [0.25, 0.3) is 6.08 Å². The van der Waals surface area contributed by atoms with Crippen molar-refractivity contribution in [1.29, 1.82) is 0 Å². The number of amides is 1. The van der Waals surface area contributed by atoms with Gasteiger partial charge >= 0.3 is 0 Å². The molecular weight excluding hydrogens is 341 g/mol. The third kappa shape index (κ3) is 3.06. The molecule has 0 aliphatic carbocycles. The lowest BCUT2D eigenvalue weighted by Crippen LogP contribution is -2.27. The predicted octanol–water partition coefficient (Wildman–Crippen LogP) is 4.88. The van der Waals surface area contributed by atoms with Crippen molar-refractivity contribution in [1.82, 2.24) is 0 Å². The minimum absolute atomic E-state index is 0.207. The molecule has 0 aromatic heterocycles. The van der Waals surface area contributed by atoms with Crippen LogP contribution in [0.1, 0.15) is 5.56 Å². The highest BCUT2D eigenvalue weighted by Crippen LogP contribution is 2.36. The summed E-state index contributed by atoms with van der Waals surface area (Å²) in [7, 11) is 0. The topological polar surface area (TPSA) is 20.3 Å². The van der Waals surface area contributed by atoms with Crippen LogP contribution in [0, 0.1) is 5.82 Å². The summed E-state index contributed by atoms with van der Waals surface area (Å²) in [5.74, 6) is -0.523. The van der Waals surface area contributed by atoms with E-state index in [9.17, 15) is 9.18 Å². The van der Waals surface area contributed by atoms with Crippen molar-refractivity contribution in [2.75, 3.05) is 4.90 Å². The zero-order valence-electron chi connectivity index (χ0n) is 11.1. The van der Waals surface area contributed by atoms with E-state index in [1.807, 2.05) is 0 Å². The van der Waals surface area contributed by atoms with Crippen molar-refractivity contribution in [3.8, 4) is 0 Å². The maximum atomic E-state index is 12.9. The van der Waals surface area contributed by atoms with E-state index >= 15 is 0 Å². The minimum Gasteiger partial charge on any atom is -0.268 e. The van der Waals surface area contributed by atoms with Crippen molar-refractivity contribution in [2.45, 2.75) is 0 Å². The van der Waals surface area contributed by atoms with Crippen LogP contribution in [0.2, 0.25) is 5.02 Å². The molecule has 0 saturated carbocycles. The number of hydrogen-bond acceptors (Lipinski definition) is 3. The molecule has 1 fully saturated rings. The summed E-state index contributed by atoms with van der Waals surface area (Å²) in [5, 5.41) is 0.536. The summed E-state index contributed by atoms with van der Waals surface area (Å²) in [6.07, 6.45) is 1.70. The van der Waals surface area contributed by atoms with E-state index < -0.39 is 0 Å². The van der Waals surface area contributed by atoms with Gasteiger partial charge < -0.3 is 0 Å². The van der Waals surface area contributed by atoms with E-state index in [4.69, 9.17) is 23.8 Å². The minimum atomic E-state index is -0.316. The fourth-order valence-electron chi connectivity index (χ4n) is 2.02. The van der Waals surface area contributed by atoms with Gasteiger partial charge in [0.05, 0.1) is 10.6 Å². The van der Waals surface area contributed by atoms with E-state index in [1.165, 1.54) is 28.8 Å². The Hall–Kier alpha value is -1.69. The molecule has 110 valence electrons. The second kappa shape index (κ2) is 6.20. The number of carbonyl (C=O) groups excluding carboxylic acids is 1. The lowest BCUT2D eigenvalue weighted by atomic mass is 10.2. The lowest BCUT2D eigenvalue weighted by molar-refractivity contribution is -0.113. The molecule has 1 aliphatic rings. The van der Waals surface area contributed by atoms with Crippen molar-refractivity contribution in [3.63, 3.8) is 0 Å². The SMILES string of the molecule is O=C1C(=Cc2ccc(F)cc2)SC(=S)N1c1cccc(Cl)c1. The van der Waals surface area contributed by atoms with Gasteiger partial charge in [0.1, 0.15) is 5.82 Å². The monoisotopic (exact) mass is 349 g/mol. The molecular formula is C16H9ClFNOS2. The molecule has 0 spiro atoms. The second-order valence-corrected chi connectivity index (χ2v) is 6.66. The molecule has 0 radical (unpaired) electrons. The predicted molar refractivity (Wildman–Crippen MR) is 93.5 cm³/mol. The Morgan fingerprint density at radius 1 is 1.18 bits per heavy atom. The fraction of sp³-hybridized carbons (Fsp3) is 0. The van der Waals surface area contributed by atoms with Crippen LogP contribution in [-0.2, 0) is 4.79 Å². The Balaban J connectivity index is 1.93. The van der Waals surface area contributed by atoms with Crippen molar-refractivity contribution >= 4 is 57.6 Å². The fourth-order valence-corrected chi connectivity index (χ4v) is 3.50. The molecule has 2 nitrogen and oxygen atoms in total. The van der Waals surface area contributed by atoms with E-state index in [0.717, 1.165) is 5.56 Å². The summed E-state index contributed by atoms with van der Waals surface area (Å²) in [6.45, 7) is 0. The number of nitrogens with zero attached hydrogens (tertiary/aromatic N) is 1. The molecule has 22 heavy (non-hydrogen) atoms. The average molecular weight is 350 g/mol. The Labute approximate surface area is 141 Å². The summed E-state index contributed by atoms with van der Waals surface area (Å²) in [5.41, 5.74) is 1.38. The molecule has 1 heterocycles. The molecule has 0 unspecified atom stereocenters. The molecule has 2 aromatic rings. The Bertz CT molecular complexity index is 789. The van der Waals surface area contributed by atoms with Gasteiger partial charge in [-0.2, -0.15) is 0 Å². The second-order valence-electron chi connectivity index (χ2n) is 4.55. The molecule has 1 amide bonds. The van der Waals surface area contributed by atoms with Crippen molar-refractivity contribution in [2.24, 2.45) is 0 Å².